The van der Waals surface area contributed by atoms with Gasteiger partial charge in [-0.1, -0.05) is 13.0 Å². The Morgan fingerprint density at radius 1 is 1.67 bits per heavy atom. The Labute approximate surface area is 55.8 Å². The fraction of sp³-hybridized carbons (Fsp3) is 0.714. The van der Waals surface area contributed by atoms with Gasteiger partial charge in [-0.05, 0) is 18.9 Å². The Balaban J connectivity index is 3.80. The third-order valence-electron chi connectivity index (χ3n) is 1.38. The van der Waals surface area contributed by atoms with Gasteiger partial charge in [-0.2, -0.15) is 0 Å². The average Bonchev–Trinajstić information content (AvgIpc) is 1.90. The van der Waals surface area contributed by atoms with Crippen molar-refractivity contribution in [2.45, 2.75) is 26.4 Å². The van der Waals surface area contributed by atoms with Crippen molar-refractivity contribution in [2.24, 2.45) is 0 Å². The van der Waals surface area contributed by atoms with E-state index in [-0.39, 0.29) is 6.61 Å². The fourth-order valence-electron chi connectivity index (χ4n) is 0.749. The van der Waals surface area contributed by atoms with Crippen LogP contribution < -0.4 is 0 Å². The number of aliphatic hydroxyl groups excluding tert-OH is 2. The Bertz CT molecular complexity index is 97.1. The van der Waals surface area contributed by atoms with Crippen molar-refractivity contribution in [2.75, 3.05) is 6.61 Å². The van der Waals surface area contributed by atoms with Gasteiger partial charge in [0.05, 0.1) is 12.7 Å². The smallest absolute Gasteiger partial charge is 0.0980 e. The van der Waals surface area contributed by atoms with E-state index in [0.29, 0.717) is 0 Å². The topological polar surface area (TPSA) is 40.5 Å². The molecule has 2 heteroatoms. The lowest BCUT2D eigenvalue weighted by Crippen LogP contribution is -2.14. The van der Waals surface area contributed by atoms with Gasteiger partial charge >= 0.3 is 0 Å². The molecule has 0 aliphatic heterocycles. The summed E-state index contributed by atoms with van der Waals surface area (Å²) in [5.41, 5.74) is 0.900. The van der Waals surface area contributed by atoms with Crippen LogP contribution in [0.4, 0.5) is 0 Å². The summed E-state index contributed by atoms with van der Waals surface area (Å²) in [6.45, 7) is 3.64. The maximum absolute atomic E-state index is 9.00. The van der Waals surface area contributed by atoms with Crippen LogP contribution in [0.3, 0.4) is 0 Å². The van der Waals surface area contributed by atoms with Gasteiger partial charge in [0.15, 0.2) is 0 Å². The molecule has 0 aliphatic carbocycles. The molecule has 54 valence electrons. The zero-order valence-electron chi connectivity index (χ0n) is 5.96. The molecule has 0 fully saturated rings. The molecule has 0 radical (unpaired) electrons. The maximum atomic E-state index is 9.00. The van der Waals surface area contributed by atoms with E-state index in [2.05, 4.69) is 0 Å². The molecular formula is C7H14O2. The minimum Gasteiger partial charge on any atom is -0.393 e. The molecule has 0 spiro atoms. The number of aliphatic hydroxyl groups is 2. The first-order valence-electron chi connectivity index (χ1n) is 3.20. The van der Waals surface area contributed by atoms with Gasteiger partial charge in [0.2, 0.25) is 0 Å². The second kappa shape index (κ2) is 4.53. The van der Waals surface area contributed by atoms with Gasteiger partial charge in [0, 0.05) is 0 Å². The van der Waals surface area contributed by atoms with E-state index in [0.717, 1.165) is 12.0 Å². The highest BCUT2D eigenvalue weighted by Crippen LogP contribution is 2.05. The lowest BCUT2D eigenvalue weighted by molar-refractivity contribution is 0.120. The molecule has 0 aromatic rings. The van der Waals surface area contributed by atoms with E-state index in [1.165, 1.54) is 0 Å². The van der Waals surface area contributed by atoms with Crippen LogP contribution in [0.15, 0.2) is 11.6 Å². The second-order valence-corrected chi connectivity index (χ2v) is 1.92. The second-order valence-electron chi connectivity index (χ2n) is 1.92. The molecule has 2 N–H and O–H groups in total. The van der Waals surface area contributed by atoms with Gasteiger partial charge in [-0.15, -0.1) is 0 Å². The normalized spacial score (nSPS) is 15.8. The van der Waals surface area contributed by atoms with Crippen LogP contribution in [-0.4, -0.2) is 22.9 Å². The van der Waals surface area contributed by atoms with Crippen LogP contribution in [0.5, 0.6) is 0 Å². The van der Waals surface area contributed by atoms with Crippen molar-refractivity contribution in [3.8, 4) is 0 Å². The van der Waals surface area contributed by atoms with E-state index >= 15 is 0 Å². The predicted molar refractivity (Wildman–Crippen MR) is 37.1 cm³/mol. The van der Waals surface area contributed by atoms with Crippen molar-refractivity contribution in [1.29, 1.82) is 0 Å². The minimum atomic E-state index is -0.653. The predicted octanol–water partition coefficient (Wildman–Crippen LogP) is 0.696. The average molecular weight is 130 g/mol. The molecule has 0 saturated carbocycles. The summed E-state index contributed by atoms with van der Waals surface area (Å²) in [6.07, 6.45) is 1.99. The monoisotopic (exact) mass is 130 g/mol. The fourth-order valence-corrected chi connectivity index (χ4v) is 0.749. The summed E-state index contributed by atoms with van der Waals surface area (Å²) in [5, 5.41) is 17.5. The summed E-state index contributed by atoms with van der Waals surface area (Å²) < 4.78 is 0. The SMILES string of the molecule is CC=C(CC)C(O)CO. The van der Waals surface area contributed by atoms with Crippen molar-refractivity contribution < 1.29 is 10.2 Å². The van der Waals surface area contributed by atoms with Crippen molar-refractivity contribution >= 4 is 0 Å². The van der Waals surface area contributed by atoms with Crippen LogP contribution >= 0.6 is 0 Å². The van der Waals surface area contributed by atoms with Crippen molar-refractivity contribution in [3.63, 3.8) is 0 Å². The summed E-state index contributed by atoms with van der Waals surface area (Å²) in [5.74, 6) is 0. The van der Waals surface area contributed by atoms with Crippen LogP contribution in [0.1, 0.15) is 20.3 Å². The Kier molecular flexibility index (Phi) is 4.36. The number of hydrogen-bond acceptors (Lipinski definition) is 2. The minimum absolute atomic E-state index is 0.173. The third-order valence-corrected chi connectivity index (χ3v) is 1.38. The quantitative estimate of drug-likeness (QED) is 0.552. The zero-order chi connectivity index (χ0) is 7.28. The standard InChI is InChI=1S/C7H14O2/c1-3-6(4-2)7(9)5-8/h3,7-9H,4-5H2,1-2H3. The van der Waals surface area contributed by atoms with Crippen LogP contribution in [0.2, 0.25) is 0 Å². The Morgan fingerprint density at radius 2 is 2.22 bits per heavy atom. The molecule has 0 heterocycles. The third kappa shape index (κ3) is 2.63. The molecule has 0 aliphatic rings. The van der Waals surface area contributed by atoms with E-state index in [4.69, 9.17) is 10.2 Å². The molecule has 0 rings (SSSR count). The molecule has 0 saturated heterocycles. The highest BCUT2D eigenvalue weighted by atomic mass is 16.3. The van der Waals surface area contributed by atoms with Gasteiger partial charge in [0.25, 0.3) is 0 Å². The highest BCUT2D eigenvalue weighted by molar-refractivity contribution is 5.05. The molecule has 2 nitrogen and oxygen atoms in total. The maximum Gasteiger partial charge on any atom is 0.0980 e. The number of rotatable bonds is 3. The van der Waals surface area contributed by atoms with Crippen LogP contribution in [-0.2, 0) is 0 Å². The lowest BCUT2D eigenvalue weighted by atomic mass is 10.1. The van der Waals surface area contributed by atoms with Gasteiger partial charge in [-0.25, -0.2) is 0 Å². The molecule has 0 amide bonds. The molecule has 0 aromatic carbocycles. The Hall–Kier alpha value is -0.340. The highest BCUT2D eigenvalue weighted by Gasteiger charge is 2.04. The summed E-state index contributed by atoms with van der Waals surface area (Å²) in [6, 6.07) is 0. The van der Waals surface area contributed by atoms with Crippen molar-refractivity contribution in [3.05, 3.63) is 11.6 Å². The zero-order valence-corrected chi connectivity index (χ0v) is 5.96. The van der Waals surface area contributed by atoms with Gasteiger partial charge in [-0.3, -0.25) is 0 Å². The van der Waals surface area contributed by atoms with Crippen molar-refractivity contribution in [1.82, 2.24) is 0 Å². The van der Waals surface area contributed by atoms with E-state index in [1.807, 2.05) is 19.9 Å². The lowest BCUT2D eigenvalue weighted by Gasteiger charge is -2.08. The number of allylic oxidation sites excluding steroid dienone is 1. The number of hydrogen-bond donors (Lipinski definition) is 2. The summed E-state index contributed by atoms with van der Waals surface area (Å²) >= 11 is 0. The molecule has 0 bridgehead atoms. The molecule has 1 atom stereocenters. The van der Waals surface area contributed by atoms with Crippen LogP contribution in [0, 0.1) is 0 Å². The van der Waals surface area contributed by atoms with E-state index < -0.39 is 6.10 Å². The molecule has 1 unspecified atom stereocenters. The van der Waals surface area contributed by atoms with Crippen LogP contribution in [0.25, 0.3) is 0 Å². The summed E-state index contributed by atoms with van der Waals surface area (Å²) in [7, 11) is 0. The first-order chi connectivity index (χ1) is 4.26. The first kappa shape index (κ1) is 8.66. The van der Waals surface area contributed by atoms with Gasteiger partial charge in [0.1, 0.15) is 0 Å². The van der Waals surface area contributed by atoms with Gasteiger partial charge < -0.3 is 10.2 Å². The molecular weight excluding hydrogens is 116 g/mol. The first-order valence-corrected chi connectivity index (χ1v) is 3.20. The van der Waals surface area contributed by atoms with E-state index in [9.17, 15) is 0 Å². The molecule has 0 aromatic heterocycles. The largest absolute Gasteiger partial charge is 0.393 e. The summed E-state index contributed by atoms with van der Waals surface area (Å²) in [4.78, 5) is 0. The van der Waals surface area contributed by atoms with E-state index in [1.54, 1.807) is 0 Å². The molecule has 9 heavy (non-hydrogen) atoms. The Morgan fingerprint density at radius 3 is 2.33 bits per heavy atom.